The van der Waals surface area contributed by atoms with Crippen molar-refractivity contribution in [3.63, 3.8) is 0 Å². The van der Waals surface area contributed by atoms with E-state index < -0.39 is 11.8 Å². The molecule has 0 fully saturated rings. The van der Waals surface area contributed by atoms with Crippen molar-refractivity contribution in [2.24, 2.45) is 0 Å². The van der Waals surface area contributed by atoms with E-state index in [9.17, 15) is 9.59 Å². The Balaban J connectivity index is 3.60. The lowest BCUT2D eigenvalue weighted by Crippen LogP contribution is -2.12. The molecule has 0 aliphatic heterocycles. The fraction of sp³-hybridized carbons (Fsp3) is 0.600. The quantitative estimate of drug-likeness (QED) is 0.365. The van der Waals surface area contributed by atoms with Gasteiger partial charge in [0.15, 0.2) is 0 Å². The first-order chi connectivity index (χ1) is 4.22. The number of carbonyl (C=O) groups is 2. The topological polar surface area (TPSA) is 43.4 Å². The molecule has 0 rings (SSSR count). The largest absolute Gasteiger partial charge is 0.389 e. The molecule has 0 saturated heterocycles. The zero-order valence-corrected chi connectivity index (χ0v) is 5.98. The van der Waals surface area contributed by atoms with Gasteiger partial charge in [-0.1, -0.05) is 6.92 Å². The van der Waals surface area contributed by atoms with Crippen LogP contribution in [0.5, 0.6) is 0 Å². The molecule has 9 heavy (non-hydrogen) atoms. The van der Waals surface area contributed by atoms with Gasteiger partial charge in [0, 0.05) is 19.3 Å². The van der Waals surface area contributed by atoms with Crippen LogP contribution in [0.3, 0.4) is 0 Å². The third-order valence-electron chi connectivity index (χ3n) is 0.788. The molecule has 0 aliphatic rings. The maximum atomic E-state index is 10.5. The molecule has 52 valence electrons. The maximum absolute atomic E-state index is 10.5. The summed E-state index contributed by atoms with van der Waals surface area (Å²) >= 11 is 3.18. The number of ketones is 1. The molecule has 0 aromatic rings. The smallest absolute Gasteiger partial charge is 0.386 e. The van der Waals surface area contributed by atoms with Crippen molar-refractivity contribution < 1.29 is 13.8 Å². The summed E-state index contributed by atoms with van der Waals surface area (Å²) in [5.41, 5.74) is 0. The van der Waals surface area contributed by atoms with Crippen molar-refractivity contribution in [1.29, 1.82) is 0 Å². The van der Waals surface area contributed by atoms with Gasteiger partial charge < -0.3 is 4.18 Å². The van der Waals surface area contributed by atoms with E-state index in [-0.39, 0.29) is 6.42 Å². The van der Waals surface area contributed by atoms with Gasteiger partial charge in [0.25, 0.3) is 0 Å². The van der Waals surface area contributed by atoms with Gasteiger partial charge in [-0.15, -0.1) is 0 Å². The molecular weight excluding hydrogens is 140 g/mol. The van der Waals surface area contributed by atoms with Gasteiger partial charge in [-0.3, -0.25) is 4.79 Å². The van der Waals surface area contributed by atoms with Gasteiger partial charge in [-0.25, -0.2) is 4.79 Å². The van der Waals surface area contributed by atoms with E-state index in [2.05, 4.69) is 17.1 Å². The summed E-state index contributed by atoms with van der Waals surface area (Å²) in [4.78, 5) is 20.7. The second-order valence-electron chi connectivity index (χ2n) is 1.55. The minimum absolute atomic E-state index is 0.236. The molecule has 3 nitrogen and oxygen atoms in total. The molecule has 0 amide bonds. The van der Waals surface area contributed by atoms with Gasteiger partial charge in [-0.05, 0) is 6.42 Å². The molecule has 0 spiro atoms. The van der Waals surface area contributed by atoms with Crippen molar-refractivity contribution in [1.82, 2.24) is 0 Å². The van der Waals surface area contributed by atoms with E-state index in [4.69, 9.17) is 0 Å². The van der Waals surface area contributed by atoms with Crippen molar-refractivity contribution in [2.45, 2.75) is 19.8 Å². The van der Waals surface area contributed by atoms with Crippen LogP contribution in [0, 0.1) is 0 Å². The van der Waals surface area contributed by atoms with Gasteiger partial charge in [0.2, 0.25) is 5.78 Å². The van der Waals surface area contributed by atoms with Crippen LogP contribution in [0.15, 0.2) is 0 Å². The van der Waals surface area contributed by atoms with Crippen LogP contribution in [-0.2, 0) is 13.8 Å². The predicted octanol–water partition coefficient (Wildman–Crippen LogP) is 0.744. The Morgan fingerprint density at radius 1 is 1.56 bits per heavy atom. The third kappa shape index (κ3) is 3.13. The van der Waals surface area contributed by atoms with E-state index in [0.29, 0.717) is 6.42 Å². The number of hydrogen-bond acceptors (Lipinski definition) is 4. The van der Waals surface area contributed by atoms with E-state index in [1.54, 1.807) is 0 Å². The second-order valence-corrected chi connectivity index (χ2v) is 1.73. The van der Waals surface area contributed by atoms with Crippen LogP contribution in [0.1, 0.15) is 19.8 Å². The average Bonchev–Trinajstić information content (AvgIpc) is 1.87. The lowest BCUT2D eigenvalue weighted by Gasteiger charge is -1.91. The highest BCUT2D eigenvalue weighted by Gasteiger charge is 2.11. The first-order valence-corrected chi connectivity index (χ1v) is 2.97. The number of rotatable bonds is 3. The number of thiol groups is 1. The van der Waals surface area contributed by atoms with E-state index >= 15 is 0 Å². The molecule has 0 atom stereocenters. The van der Waals surface area contributed by atoms with E-state index in [1.165, 1.54) is 0 Å². The molecule has 0 N–H and O–H groups in total. The molecule has 0 bridgehead atoms. The van der Waals surface area contributed by atoms with Crippen LogP contribution in [-0.4, -0.2) is 11.8 Å². The monoisotopic (exact) mass is 148 g/mol. The molecule has 0 aliphatic carbocycles. The van der Waals surface area contributed by atoms with Gasteiger partial charge >= 0.3 is 5.97 Å². The fourth-order valence-electron chi connectivity index (χ4n) is 0.380. The second kappa shape index (κ2) is 4.38. The normalized spacial score (nSPS) is 8.67. The Labute approximate surface area is 59.0 Å². The highest BCUT2D eigenvalue weighted by molar-refractivity contribution is 7.75. The summed E-state index contributed by atoms with van der Waals surface area (Å²) in [6.07, 6.45) is 0.890. The summed E-state index contributed by atoms with van der Waals surface area (Å²) in [5.74, 6) is -1.40. The highest BCUT2D eigenvalue weighted by Crippen LogP contribution is 1.92. The maximum Gasteiger partial charge on any atom is 0.386 e. The standard InChI is InChI=1S/C5H8O3S/c1-2-3-4(6)5(7)8-9/h9H,2-3H2,1H3. The molecule has 0 radical (unpaired) electrons. The zero-order chi connectivity index (χ0) is 7.28. The molecule has 0 saturated carbocycles. The summed E-state index contributed by atoms with van der Waals surface area (Å²) in [5, 5.41) is 0. The minimum atomic E-state index is -0.875. The molecule has 0 heterocycles. The first-order valence-electron chi connectivity index (χ1n) is 2.61. The molecule has 0 aromatic carbocycles. The predicted molar refractivity (Wildman–Crippen MR) is 35.0 cm³/mol. The van der Waals surface area contributed by atoms with Crippen molar-refractivity contribution >= 4 is 24.7 Å². The molecule has 4 heteroatoms. The number of hydrogen-bond donors (Lipinski definition) is 1. The Hall–Kier alpha value is -0.510. The number of Topliss-reactive ketones (excluding diaryl/α,β-unsaturated/α-hetero) is 1. The van der Waals surface area contributed by atoms with Crippen LogP contribution in [0.25, 0.3) is 0 Å². The lowest BCUT2D eigenvalue weighted by molar-refractivity contribution is -0.146. The first kappa shape index (κ1) is 8.49. The van der Waals surface area contributed by atoms with Crippen LogP contribution in [0.4, 0.5) is 0 Å². The lowest BCUT2D eigenvalue weighted by atomic mass is 10.2. The average molecular weight is 148 g/mol. The summed E-state index contributed by atoms with van der Waals surface area (Å²) in [6, 6.07) is 0. The SMILES string of the molecule is CCCC(=O)C(=O)OS. The van der Waals surface area contributed by atoms with E-state index in [1.807, 2.05) is 6.92 Å². The molecule has 0 unspecified atom stereocenters. The van der Waals surface area contributed by atoms with Crippen LogP contribution in [0.2, 0.25) is 0 Å². The third-order valence-corrected chi connectivity index (χ3v) is 0.953. The fourth-order valence-corrected chi connectivity index (χ4v) is 0.482. The van der Waals surface area contributed by atoms with E-state index in [0.717, 1.165) is 0 Å². The van der Waals surface area contributed by atoms with Gasteiger partial charge in [0.1, 0.15) is 0 Å². The highest BCUT2D eigenvalue weighted by atomic mass is 32.1. The minimum Gasteiger partial charge on any atom is -0.389 e. The number of carbonyl (C=O) groups excluding carboxylic acids is 2. The van der Waals surface area contributed by atoms with Crippen LogP contribution < -0.4 is 0 Å². The Morgan fingerprint density at radius 3 is 2.44 bits per heavy atom. The summed E-state index contributed by atoms with van der Waals surface area (Å²) in [6.45, 7) is 1.81. The molecular formula is C5H8O3S. The van der Waals surface area contributed by atoms with Crippen molar-refractivity contribution in [3.8, 4) is 0 Å². The Morgan fingerprint density at radius 2 is 2.11 bits per heavy atom. The van der Waals surface area contributed by atoms with Crippen LogP contribution >= 0.6 is 12.9 Å². The van der Waals surface area contributed by atoms with Gasteiger partial charge in [-0.2, -0.15) is 0 Å². The Kier molecular flexibility index (Phi) is 4.13. The Bertz CT molecular complexity index is 121. The van der Waals surface area contributed by atoms with Crippen molar-refractivity contribution in [2.75, 3.05) is 0 Å². The van der Waals surface area contributed by atoms with Crippen molar-refractivity contribution in [3.05, 3.63) is 0 Å². The molecule has 0 aromatic heterocycles. The zero-order valence-electron chi connectivity index (χ0n) is 5.09. The van der Waals surface area contributed by atoms with Gasteiger partial charge in [0.05, 0.1) is 0 Å². The summed E-state index contributed by atoms with van der Waals surface area (Å²) in [7, 11) is 0. The summed E-state index contributed by atoms with van der Waals surface area (Å²) < 4.78 is 3.87.